The molecule has 158 valence electrons. The van der Waals surface area contributed by atoms with E-state index in [0.717, 1.165) is 11.3 Å². The third-order valence-electron chi connectivity index (χ3n) is 4.82. The number of nitrogens with one attached hydrogen (secondary N) is 3. The second-order valence-electron chi connectivity index (χ2n) is 6.73. The molecule has 0 aliphatic carbocycles. The van der Waals surface area contributed by atoms with E-state index in [1.165, 1.54) is 0 Å². The van der Waals surface area contributed by atoms with Gasteiger partial charge in [-0.2, -0.15) is 20.3 Å². The molecule has 0 fully saturated rings. The van der Waals surface area contributed by atoms with Crippen molar-refractivity contribution in [3.05, 3.63) is 42.2 Å². The molecule has 0 aliphatic rings. The van der Waals surface area contributed by atoms with Crippen LogP contribution in [0.1, 0.15) is 5.56 Å². The van der Waals surface area contributed by atoms with Crippen molar-refractivity contribution in [1.82, 2.24) is 24.7 Å². The van der Waals surface area contributed by atoms with E-state index < -0.39 is 0 Å². The van der Waals surface area contributed by atoms with Crippen molar-refractivity contribution < 1.29 is 9.47 Å². The highest BCUT2D eigenvalue weighted by molar-refractivity contribution is 5.93. The van der Waals surface area contributed by atoms with Crippen molar-refractivity contribution in [2.75, 3.05) is 38.0 Å². The van der Waals surface area contributed by atoms with Crippen LogP contribution < -0.4 is 15.4 Å². The van der Waals surface area contributed by atoms with Crippen LogP contribution in [0.15, 0.2) is 36.7 Å². The molecular weight excluding hydrogens is 396 g/mol. The molecule has 0 atom stereocenters. The van der Waals surface area contributed by atoms with Gasteiger partial charge in [0.1, 0.15) is 23.3 Å². The fourth-order valence-electron chi connectivity index (χ4n) is 3.31. The lowest BCUT2D eigenvalue weighted by molar-refractivity contribution is 0.210. The maximum Gasteiger partial charge on any atom is 0.231 e. The molecule has 3 heterocycles. The third kappa shape index (κ3) is 3.99. The molecule has 3 N–H and O–H groups in total. The molecular formula is C21H22N8O2. The van der Waals surface area contributed by atoms with Crippen molar-refractivity contribution in [2.24, 2.45) is 7.05 Å². The van der Waals surface area contributed by atoms with Gasteiger partial charge in [-0.25, -0.2) is 0 Å². The van der Waals surface area contributed by atoms with Crippen molar-refractivity contribution in [3.8, 4) is 23.1 Å². The summed E-state index contributed by atoms with van der Waals surface area (Å²) in [6, 6.07) is 9.91. The average molecular weight is 418 g/mol. The minimum atomic E-state index is 0.366. The molecule has 0 saturated carbocycles. The maximum atomic E-state index is 9.40. The summed E-state index contributed by atoms with van der Waals surface area (Å²) >= 11 is 0. The number of nitrogens with zero attached hydrogens (tertiary/aromatic N) is 5. The van der Waals surface area contributed by atoms with E-state index in [2.05, 4.69) is 36.8 Å². The first-order valence-corrected chi connectivity index (χ1v) is 9.60. The predicted octanol–water partition coefficient (Wildman–Crippen LogP) is 3.04. The minimum Gasteiger partial charge on any atom is -0.495 e. The predicted molar refractivity (Wildman–Crippen MR) is 117 cm³/mol. The number of aromatic nitrogens is 5. The number of rotatable bonds is 8. The summed E-state index contributed by atoms with van der Waals surface area (Å²) in [6.07, 6.45) is 3.37. The number of hydrogen-bond donors (Lipinski definition) is 3. The van der Waals surface area contributed by atoms with Crippen LogP contribution in [-0.2, 0) is 11.8 Å². The molecule has 4 aromatic rings. The molecule has 4 rings (SSSR count). The van der Waals surface area contributed by atoms with Crippen LogP contribution in [0.2, 0.25) is 0 Å². The lowest BCUT2D eigenvalue weighted by atomic mass is 10.1. The van der Waals surface area contributed by atoms with Gasteiger partial charge in [0.05, 0.1) is 36.0 Å². The highest BCUT2D eigenvalue weighted by atomic mass is 16.5. The van der Waals surface area contributed by atoms with Gasteiger partial charge >= 0.3 is 0 Å². The van der Waals surface area contributed by atoms with Crippen molar-refractivity contribution in [1.29, 1.82) is 5.26 Å². The molecule has 0 unspecified atom stereocenters. The number of nitriles is 1. The van der Waals surface area contributed by atoms with E-state index in [1.807, 2.05) is 31.3 Å². The molecule has 10 heteroatoms. The molecule has 0 aliphatic heterocycles. The van der Waals surface area contributed by atoms with Crippen LogP contribution in [0, 0.1) is 11.3 Å². The van der Waals surface area contributed by atoms with E-state index in [-0.39, 0.29) is 0 Å². The average Bonchev–Trinajstić information content (AvgIpc) is 3.40. The van der Waals surface area contributed by atoms with Crippen molar-refractivity contribution in [3.63, 3.8) is 0 Å². The zero-order valence-corrected chi connectivity index (χ0v) is 17.4. The Labute approximate surface area is 178 Å². The summed E-state index contributed by atoms with van der Waals surface area (Å²) < 4.78 is 12.5. The summed E-state index contributed by atoms with van der Waals surface area (Å²) in [6.45, 7) is 1.05. The zero-order chi connectivity index (χ0) is 21.8. The normalized spacial score (nSPS) is 10.8. The molecule has 0 spiro atoms. The fourth-order valence-corrected chi connectivity index (χ4v) is 3.31. The van der Waals surface area contributed by atoms with Gasteiger partial charge in [0, 0.05) is 38.7 Å². The Hall–Kier alpha value is -4.10. The first-order chi connectivity index (χ1) is 15.1. The smallest absolute Gasteiger partial charge is 0.231 e. The van der Waals surface area contributed by atoms with Crippen molar-refractivity contribution >= 4 is 28.5 Å². The van der Waals surface area contributed by atoms with E-state index in [9.17, 15) is 5.26 Å². The van der Waals surface area contributed by atoms with Crippen LogP contribution in [0.25, 0.3) is 22.3 Å². The first-order valence-electron chi connectivity index (χ1n) is 9.60. The Morgan fingerprint density at radius 2 is 2.10 bits per heavy atom. The second-order valence-corrected chi connectivity index (χ2v) is 6.73. The summed E-state index contributed by atoms with van der Waals surface area (Å²) in [5.74, 6) is 1.55. The van der Waals surface area contributed by atoms with Gasteiger partial charge in [0.25, 0.3) is 0 Å². The van der Waals surface area contributed by atoms with Crippen LogP contribution >= 0.6 is 0 Å². The van der Waals surface area contributed by atoms with Crippen LogP contribution in [0.4, 0.5) is 17.5 Å². The van der Waals surface area contributed by atoms with Gasteiger partial charge in [0.15, 0.2) is 0 Å². The van der Waals surface area contributed by atoms with Gasteiger partial charge in [-0.05, 0) is 18.2 Å². The van der Waals surface area contributed by atoms with E-state index in [0.29, 0.717) is 53.0 Å². The maximum absolute atomic E-state index is 9.40. The highest BCUT2D eigenvalue weighted by Crippen LogP contribution is 2.33. The number of H-pyrrole nitrogens is 1. The Balaban J connectivity index is 1.69. The molecule has 0 radical (unpaired) electrons. The summed E-state index contributed by atoms with van der Waals surface area (Å²) in [4.78, 5) is 12.1. The number of ether oxygens (including phenoxy) is 2. The molecule has 0 amide bonds. The number of benzene rings is 1. The summed E-state index contributed by atoms with van der Waals surface area (Å²) in [7, 11) is 5.13. The quantitative estimate of drug-likeness (QED) is 0.373. The van der Waals surface area contributed by atoms with Gasteiger partial charge in [-0.3, -0.25) is 4.68 Å². The SMILES string of the molecule is COCCNc1nc(Nc2ccc(-c3ccnn3C)cc2OC)nc2[nH]cc(C#N)c12. The number of fused-ring (bicyclic) bond motifs is 1. The molecule has 31 heavy (non-hydrogen) atoms. The number of aromatic amines is 1. The number of anilines is 3. The Bertz CT molecular complexity index is 1250. The molecule has 0 bridgehead atoms. The third-order valence-corrected chi connectivity index (χ3v) is 4.82. The Morgan fingerprint density at radius 1 is 1.23 bits per heavy atom. The largest absolute Gasteiger partial charge is 0.495 e. The first kappa shape index (κ1) is 20.2. The topological polar surface area (TPSA) is 126 Å². The van der Waals surface area contributed by atoms with Gasteiger partial charge < -0.3 is 25.1 Å². The summed E-state index contributed by atoms with van der Waals surface area (Å²) in [5, 5.41) is 20.7. The number of aryl methyl sites for hydroxylation is 1. The fraction of sp³-hybridized carbons (Fsp3) is 0.238. The number of hydrogen-bond acceptors (Lipinski definition) is 8. The standard InChI is InChI=1S/C21H22N8O2/c1-29-16(6-7-25-29)13-4-5-15(17(10-13)31-3)26-21-27-19(23-8-9-30-2)18-14(11-22)12-24-20(18)28-21/h4-7,10,12H,8-9H2,1-3H3,(H3,23,24,26,27,28). The molecule has 1 aromatic carbocycles. The van der Waals surface area contributed by atoms with E-state index in [4.69, 9.17) is 9.47 Å². The van der Waals surface area contributed by atoms with Crippen LogP contribution in [-0.4, -0.2) is 52.1 Å². The zero-order valence-electron chi connectivity index (χ0n) is 17.4. The molecule has 10 nitrogen and oxygen atoms in total. The molecule has 0 saturated heterocycles. The van der Waals surface area contributed by atoms with E-state index in [1.54, 1.807) is 31.3 Å². The van der Waals surface area contributed by atoms with Crippen molar-refractivity contribution in [2.45, 2.75) is 0 Å². The summed E-state index contributed by atoms with van der Waals surface area (Å²) in [5.41, 5.74) is 3.69. The Kier molecular flexibility index (Phi) is 5.68. The minimum absolute atomic E-state index is 0.366. The lowest BCUT2D eigenvalue weighted by Crippen LogP contribution is -2.11. The number of methoxy groups -OCH3 is 2. The van der Waals surface area contributed by atoms with E-state index >= 15 is 0 Å². The van der Waals surface area contributed by atoms with Crippen LogP contribution in [0.5, 0.6) is 5.75 Å². The van der Waals surface area contributed by atoms with Gasteiger partial charge in [-0.15, -0.1) is 0 Å². The van der Waals surface area contributed by atoms with Gasteiger partial charge in [0.2, 0.25) is 5.95 Å². The highest BCUT2D eigenvalue weighted by Gasteiger charge is 2.15. The van der Waals surface area contributed by atoms with Crippen LogP contribution in [0.3, 0.4) is 0 Å². The second kappa shape index (κ2) is 8.73. The monoisotopic (exact) mass is 418 g/mol. The molecule has 3 aromatic heterocycles. The lowest BCUT2D eigenvalue weighted by Gasteiger charge is -2.13. The Morgan fingerprint density at radius 3 is 2.81 bits per heavy atom. The van der Waals surface area contributed by atoms with Gasteiger partial charge in [-0.1, -0.05) is 6.07 Å².